The molecule has 0 fully saturated rings. The van der Waals surface area contributed by atoms with Crippen LogP contribution in [0.3, 0.4) is 0 Å². The Hall–Kier alpha value is -3.62. The van der Waals surface area contributed by atoms with Crippen molar-refractivity contribution in [3.63, 3.8) is 0 Å². The van der Waals surface area contributed by atoms with E-state index in [-0.39, 0.29) is 6.23 Å². The van der Waals surface area contributed by atoms with Crippen molar-refractivity contribution in [3.8, 4) is 0 Å². The number of primary amides is 1. The molecular formula is C24H25N5O3. The molecular weight excluding hydrogens is 406 g/mol. The molecule has 1 aromatic heterocycles. The summed E-state index contributed by atoms with van der Waals surface area (Å²) in [6, 6.07) is 15.5. The zero-order valence-corrected chi connectivity index (χ0v) is 17.8. The second-order valence-electron chi connectivity index (χ2n) is 7.91. The lowest BCUT2D eigenvalue weighted by Gasteiger charge is -2.22. The maximum absolute atomic E-state index is 11.9. The van der Waals surface area contributed by atoms with Crippen LogP contribution in [0.1, 0.15) is 33.7 Å². The van der Waals surface area contributed by atoms with Gasteiger partial charge in [0.15, 0.2) is 6.23 Å². The van der Waals surface area contributed by atoms with Crippen LogP contribution in [0, 0.1) is 6.92 Å². The first kappa shape index (κ1) is 20.3. The highest BCUT2D eigenvalue weighted by Crippen LogP contribution is 2.31. The predicted octanol–water partition coefficient (Wildman–Crippen LogP) is 2.48. The van der Waals surface area contributed by atoms with Crippen molar-refractivity contribution in [1.29, 1.82) is 0 Å². The van der Waals surface area contributed by atoms with Crippen molar-refractivity contribution < 1.29 is 13.9 Å². The van der Waals surface area contributed by atoms with Gasteiger partial charge in [0.1, 0.15) is 17.2 Å². The second-order valence-corrected chi connectivity index (χ2v) is 7.91. The Morgan fingerprint density at radius 1 is 1.22 bits per heavy atom. The molecule has 2 aliphatic rings. The molecule has 3 aromatic rings. The number of nitrogens with two attached hydrogens (primary N) is 1. The fourth-order valence-electron chi connectivity index (χ4n) is 4.14. The Morgan fingerprint density at radius 3 is 2.88 bits per heavy atom. The molecule has 164 valence electrons. The van der Waals surface area contributed by atoms with Gasteiger partial charge in [0.05, 0.1) is 17.8 Å². The van der Waals surface area contributed by atoms with E-state index in [0.717, 1.165) is 28.9 Å². The third-order valence-corrected chi connectivity index (χ3v) is 5.70. The highest BCUT2D eigenvalue weighted by Gasteiger charge is 2.28. The number of nitrogens with one attached hydrogen (secondary N) is 3. The van der Waals surface area contributed by atoms with Crippen molar-refractivity contribution in [1.82, 2.24) is 16.0 Å². The number of hydrogen-bond acceptors (Lipinski definition) is 7. The first-order valence-corrected chi connectivity index (χ1v) is 10.6. The summed E-state index contributed by atoms with van der Waals surface area (Å²) in [6.45, 7) is 3.88. The summed E-state index contributed by atoms with van der Waals surface area (Å²) in [5.74, 6) is 1.34. The van der Waals surface area contributed by atoms with Crippen LogP contribution >= 0.6 is 0 Å². The van der Waals surface area contributed by atoms with Crippen LogP contribution in [0.15, 0.2) is 69.3 Å². The standard InChI is InChI=1S/C24H25N5O3/c1-14-20(17-8-5-9-18(22(25)30)21(17)31-14)24-29-23-16(12-26-13-28-23)10-19(32-24)27-11-15-6-3-2-4-7-15/h2-9,19,26-28H,10-13H2,1H3,(H2,25,30). The highest BCUT2D eigenvalue weighted by atomic mass is 16.5. The van der Waals surface area contributed by atoms with E-state index in [9.17, 15) is 4.79 Å². The van der Waals surface area contributed by atoms with Gasteiger partial charge in [-0.2, -0.15) is 4.99 Å². The van der Waals surface area contributed by atoms with Crippen LogP contribution < -0.4 is 21.7 Å². The average molecular weight is 431 g/mol. The zero-order chi connectivity index (χ0) is 22.1. The number of rotatable bonds is 5. The molecule has 0 radical (unpaired) electrons. The summed E-state index contributed by atoms with van der Waals surface area (Å²) >= 11 is 0. The van der Waals surface area contributed by atoms with Crippen molar-refractivity contribution in [2.24, 2.45) is 10.7 Å². The number of carbonyl (C=O) groups is 1. The molecule has 32 heavy (non-hydrogen) atoms. The van der Waals surface area contributed by atoms with Crippen LogP contribution in [-0.4, -0.2) is 31.2 Å². The van der Waals surface area contributed by atoms with E-state index in [0.29, 0.717) is 42.4 Å². The average Bonchev–Trinajstić information content (AvgIpc) is 3.02. The third kappa shape index (κ3) is 3.86. The lowest BCUT2D eigenvalue weighted by atomic mass is 10.1. The van der Waals surface area contributed by atoms with Crippen LogP contribution in [0.2, 0.25) is 0 Å². The van der Waals surface area contributed by atoms with Gasteiger partial charge in [-0.3, -0.25) is 15.4 Å². The fraction of sp³-hybridized carbons (Fsp3) is 0.250. The summed E-state index contributed by atoms with van der Waals surface area (Å²) in [5, 5.41) is 10.9. The lowest BCUT2D eigenvalue weighted by molar-refractivity contribution is 0.100. The molecule has 1 atom stereocenters. The molecule has 0 bridgehead atoms. The van der Waals surface area contributed by atoms with Gasteiger partial charge in [-0.05, 0) is 24.1 Å². The normalized spacial score (nSPS) is 18.4. The van der Waals surface area contributed by atoms with Gasteiger partial charge in [-0.1, -0.05) is 42.5 Å². The number of benzene rings is 2. The predicted molar refractivity (Wildman–Crippen MR) is 122 cm³/mol. The van der Waals surface area contributed by atoms with E-state index < -0.39 is 5.91 Å². The minimum atomic E-state index is -0.535. The molecule has 0 saturated heterocycles. The molecule has 5 rings (SSSR count). The number of fused-ring (bicyclic) bond motifs is 1. The first-order valence-electron chi connectivity index (χ1n) is 10.6. The number of para-hydroxylation sites is 1. The van der Waals surface area contributed by atoms with Crippen molar-refractivity contribution in [2.75, 3.05) is 13.2 Å². The molecule has 5 N–H and O–H groups in total. The molecule has 1 unspecified atom stereocenters. The number of hydrogen-bond donors (Lipinski definition) is 4. The highest BCUT2D eigenvalue weighted by molar-refractivity contribution is 6.12. The third-order valence-electron chi connectivity index (χ3n) is 5.70. The number of aryl methyl sites for hydroxylation is 1. The number of furan rings is 1. The minimum Gasteiger partial charge on any atom is -0.460 e. The van der Waals surface area contributed by atoms with E-state index in [1.165, 1.54) is 5.56 Å². The van der Waals surface area contributed by atoms with Crippen molar-refractivity contribution in [2.45, 2.75) is 26.1 Å². The molecule has 1 amide bonds. The molecule has 8 heteroatoms. The van der Waals surface area contributed by atoms with E-state index >= 15 is 0 Å². The van der Waals surface area contributed by atoms with Crippen LogP contribution in [0.25, 0.3) is 11.0 Å². The number of aliphatic imine (C=N–C) groups is 1. The van der Waals surface area contributed by atoms with Crippen molar-refractivity contribution >= 4 is 22.8 Å². The monoisotopic (exact) mass is 431 g/mol. The zero-order valence-electron chi connectivity index (χ0n) is 17.8. The van der Waals surface area contributed by atoms with Gasteiger partial charge >= 0.3 is 0 Å². The Labute approximate surface area is 185 Å². The second kappa shape index (κ2) is 8.49. The van der Waals surface area contributed by atoms with E-state index in [1.54, 1.807) is 12.1 Å². The first-order chi connectivity index (χ1) is 15.6. The molecule has 2 aromatic carbocycles. The molecule has 0 spiro atoms. The molecule has 0 saturated carbocycles. The molecule has 8 nitrogen and oxygen atoms in total. The summed E-state index contributed by atoms with van der Waals surface area (Å²) < 4.78 is 12.4. The largest absolute Gasteiger partial charge is 0.460 e. The van der Waals surface area contributed by atoms with Crippen LogP contribution in [0.4, 0.5) is 0 Å². The van der Waals surface area contributed by atoms with Gasteiger partial charge in [0.25, 0.3) is 5.91 Å². The van der Waals surface area contributed by atoms with Gasteiger partial charge in [0.2, 0.25) is 5.90 Å². The maximum Gasteiger partial charge on any atom is 0.252 e. The Bertz CT molecular complexity index is 1230. The fourth-order valence-corrected chi connectivity index (χ4v) is 4.14. The lowest BCUT2D eigenvalue weighted by Crippen LogP contribution is -2.38. The Balaban J connectivity index is 1.54. The summed E-state index contributed by atoms with van der Waals surface area (Å²) in [5.41, 5.74) is 9.37. The molecule has 3 heterocycles. The smallest absolute Gasteiger partial charge is 0.252 e. The number of ether oxygens (including phenoxy) is 1. The number of carbonyl (C=O) groups excluding carboxylic acids is 1. The van der Waals surface area contributed by atoms with Crippen molar-refractivity contribution in [3.05, 3.63) is 82.4 Å². The quantitative estimate of drug-likeness (QED) is 0.494. The van der Waals surface area contributed by atoms with Gasteiger partial charge < -0.3 is 20.2 Å². The van der Waals surface area contributed by atoms with Gasteiger partial charge in [-0.15, -0.1) is 0 Å². The Kier molecular flexibility index (Phi) is 5.38. The minimum absolute atomic E-state index is 0.285. The van der Waals surface area contributed by atoms with E-state index in [1.807, 2.05) is 31.2 Å². The SMILES string of the molecule is Cc1oc2c(C(N)=O)cccc2c1C1=NC2=C(CNCN2)CC(NCc2ccccc2)O1. The summed E-state index contributed by atoms with van der Waals surface area (Å²) in [6.07, 6.45) is 0.392. The van der Waals surface area contributed by atoms with Gasteiger partial charge in [-0.25, -0.2) is 0 Å². The Morgan fingerprint density at radius 2 is 2.06 bits per heavy atom. The molecule has 2 aliphatic heterocycles. The number of nitrogens with zero attached hydrogens (tertiary/aromatic N) is 1. The summed E-state index contributed by atoms with van der Waals surface area (Å²) in [4.78, 5) is 16.7. The van der Waals surface area contributed by atoms with Crippen LogP contribution in [0.5, 0.6) is 0 Å². The van der Waals surface area contributed by atoms with E-state index in [4.69, 9.17) is 19.9 Å². The summed E-state index contributed by atoms with van der Waals surface area (Å²) in [7, 11) is 0. The molecule has 0 aliphatic carbocycles. The topological polar surface area (TPSA) is 114 Å². The maximum atomic E-state index is 11.9. The van der Waals surface area contributed by atoms with E-state index in [2.05, 4.69) is 28.1 Å². The van der Waals surface area contributed by atoms with Gasteiger partial charge in [0, 0.05) is 24.9 Å². The van der Waals surface area contributed by atoms with Crippen LogP contribution in [-0.2, 0) is 11.3 Å². The number of amides is 1.